The highest BCUT2D eigenvalue weighted by atomic mass is 16.7. The van der Waals surface area contributed by atoms with Gasteiger partial charge in [-0.3, -0.25) is 9.59 Å². The van der Waals surface area contributed by atoms with Crippen LogP contribution in [0.25, 0.3) is 0 Å². The van der Waals surface area contributed by atoms with Gasteiger partial charge in [-0.25, -0.2) is 0 Å². The molecular weight excluding hydrogens is 881 g/mol. The molecule has 1 saturated heterocycles. The van der Waals surface area contributed by atoms with Crippen molar-refractivity contribution in [3.05, 3.63) is 12.2 Å². The summed E-state index contributed by atoms with van der Waals surface area (Å²) in [5.74, 6) is -0.822. The van der Waals surface area contributed by atoms with Gasteiger partial charge in [-0.15, -0.1) is 0 Å². The van der Waals surface area contributed by atoms with Crippen molar-refractivity contribution in [1.29, 1.82) is 0 Å². The fourth-order valence-electron chi connectivity index (χ4n) is 9.67. The fraction of sp³-hybridized carbons (Fsp3) is 0.933. The molecule has 414 valence electrons. The van der Waals surface area contributed by atoms with E-state index >= 15 is 0 Å². The van der Waals surface area contributed by atoms with E-state index in [0.29, 0.717) is 6.42 Å². The molecule has 70 heavy (non-hydrogen) atoms. The Morgan fingerprint density at radius 1 is 0.429 bits per heavy atom. The third kappa shape index (κ3) is 40.9. The molecular formula is C60H114O10. The van der Waals surface area contributed by atoms with Gasteiger partial charge in [0.05, 0.1) is 13.2 Å². The lowest BCUT2D eigenvalue weighted by atomic mass is 9.99. The van der Waals surface area contributed by atoms with Crippen LogP contribution in [-0.4, -0.2) is 89.0 Å². The van der Waals surface area contributed by atoms with Crippen molar-refractivity contribution in [2.24, 2.45) is 0 Å². The number of carbonyl (C=O) groups is 2. The Kier molecular flexibility index (Phi) is 48.4. The van der Waals surface area contributed by atoms with Gasteiger partial charge in [0.25, 0.3) is 0 Å². The van der Waals surface area contributed by atoms with Crippen LogP contribution in [-0.2, 0) is 28.5 Å². The van der Waals surface area contributed by atoms with Crippen LogP contribution in [0.2, 0.25) is 0 Å². The zero-order chi connectivity index (χ0) is 50.8. The molecule has 1 aliphatic heterocycles. The van der Waals surface area contributed by atoms with Gasteiger partial charge >= 0.3 is 11.9 Å². The summed E-state index contributed by atoms with van der Waals surface area (Å²) >= 11 is 0. The van der Waals surface area contributed by atoms with E-state index in [-0.39, 0.29) is 32.0 Å². The largest absolute Gasteiger partial charge is 0.462 e. The zero-order valence-electron chi connectivity index (χ0n) is 45.8. The van der Waals surface area contributed by atoms with E-state index in [2.05, 4.69) is 26.0 Å². The molecule has 0 spiro atoms. The smallest absolute Gasteiger partial charge is 0.306 e. The summed E-state index contributed by atoms with van der Waals surface area (Å²) in [5, 5.41) is 40.3. The molecule has 0 saturated carbocycles. The van der Waals surface area contributed by atoms with Crippen molar-refractivity contribution in [3.63, 3.8) is 0 Å². The van der Waals surface area contributed by atoms with E-state index < -0.39 is 49.4 Å². The number of aliphatic hydroxyl groups excluding tert-OH is 4. The van der Waals surface area contributed by atoms with Crippen molar-refractivity contribution in [2.75, 3.05) is 19.8 Å². The van der Waals surface area contributed by atoms with Crippen molar-refractivity contribution in [2.45, 2.75) is 340 Å². The average Bonchev–Trinajstić information content (AvgIpc) is 3.36. The van der Waals surface area contributed by atoms with Gasteiger partial charge in [0.2, 0.25) is 0 Å². The summed E-state index contributed by atoms with van der Waals surface area (Å²) in [4.78, 5) is 25.6. The van der Waals surface area contributed by atoms with E-state index in [9.17, 15) is 30.0 Å². The molecule has 1 heterocycles. The second kappa shape index (κ2) is 50.9. The maximum atomic E-state index is 12.9. The minimum absolute atomic E-state index is 0.188. The predicted octanol–water partition coefficient (Wildman–Crippen LogP) is 15.4. The minimum atomic E-state index is -1.60. The van der Waals surface area contributed by atoms with Gasteiger partial charge in [0.1, 0.15) is 31.0 Å². The third-order valence-electron chi connectivity index (χ3n) is 14.4. The van der Waals surface area contributed by atoms with E-state index in [1.165, 1.54) is 238 Å². The van der Waals surface area contributed by atoms with Gasteiger partial charge in [-0.05, 0) is 32.1 Å². The van der Waals surface area contributed by atoms with Crippen LogP contribution in [0.5, 0.6) is 0 Å². The van der Waals surface area contributed by atoms with E-state index in [0.717, 1.165) is 32.1 Å². The van der Waals surface area contributed by atoms with Crippen LogP contribution in [0.1, 0.15) is 303 Å². The zero-order valence-corrected chi connectivity index (χ0v) is 45.8. The lowest BCUT2D eigenvalue weighted by molar-refractivity contribution is -0.305. The molecule has 0 aromatic heterocycles. The lowest BCUT2D eigenvalue weighted by Crippen LogP contribution is -2.59. The van der Waals surface area contributed by atoms with Gasteiger partial charge < -0.3 is 39.4 Å². The normalized spacial score (nSPS) is 18.7. The number of unbranched alkanes of at least 4 members (excludes halogenated alkanes) is 40. The number of aliphatic hydroxyl groups is 4. The van der Waals surface area contributed by atoms with Gasteiger partial charge in [0, 0.05) is 12.8 Å². The number of carbonyl (C=O) groups excluding carboxylic acids is 2. The first-order valence-corrected chi connectivity index (χ1v) is 30.3. The lowest BCUT2D eigenvalue weighted by Gasteiger charge is -2.39. The Balaban J connectivity index is 2.18. The van der Waals surface area contributed by atoms with E-state index in [4.69, 9.17) is 18.9 Å². The average molecular weight is 996 g/mol. The van der Waals surface area contributed by atoms with Gasteiger partial charge in [-0.1, -0.05) is 270 Å². The highest BCUT2D eigenvalue weighted by Gasteiger charge is 2.44. The van der Waals surface area contributed by atoms with Crippen molar-refractivity contribution in [3.8, 4) is 0 Å². The van der Waals surface area contributed by atoms with E-state index in [1.54, 1.807) is 0 Å². The second-order valence-electron chi connectivity index (χ2n) is 21.2. The number of rotatable bonds is 53. The number of ether oxygens (including phenoxy) is 4. The Morgan fingerprint density at radius 2 is 0.771 bits per heavy atom. The highest BCUT2D eigenvalue weighted by Crippen LogP contribution is 2.23. The summed E-state index contributed by atoms with van der Waals surface area (Å²) in [6.45, 7) is 3.48. The maximum Gasteiger partial charge on any atom is 0.306 e. The maximum absolute atomic E-state index is 12.9. The molecule has 1 fully saturated rings. The topological polar surface area (TPSA) is 152 Å². The molecule has 10 nitrogen and oxygen atoms in total. The summed E-state index contributed by atoms with van der Waals surface area (Å²) in [6.07, 6.45) is 52.5. The quantitative estimate of drug-likeness (QED) is 0.0263. The molecule has 0 amide bonds. The van der Waals surface area contributed by atoms with Crippen LogP contribution < -0.4 is 0 Å². The van der Waals surface area contributed by atoms with Gasteiger partial charge in [-0.2, -0.15) is 0 Å². The molecule has 1 rings (SSSR count). The fourth-order valence-corrected chi connectivity index (χ4v) is 9.67. The number of hydrogen-bond donors (Lipinski definition) is 4. The standard InChI is InChI=1S/C60H114O10/c1-3-5-7-9-11-13-15-17-19-21-23-25-27-29-31-33-35-37-39-41-43-45-47-49-56(63)69-53(52-68-60-59(66)58(65)57(64)54(50-61)70-60)51-67-55(62)48-46-44-42-40-38-36-34-32-30-28-26-24-22-20-18-16-14-12-10-8-6-4-2/h41,43,53-54,57-61,64-66H,3-40,42,44-52H2,1-2H3/b43-41+/t53-,54-,57+,58?,59?,60-/m0/s1. The van der Waals surface area contributed by atoms with Crippen molar-refractivity contribution < 1.29 is 49.0 Å². The highest BCUT2D eigenvalue weighted by molar-refractivity contribution is 5.70. The second-order valence-corrected chi connectivity index (χ2v) is 21.2. The first kappa shape index (κ1) is 66.5. The SMILES string of the molecule is CCCCCCCCCCCCCCCCCCCC/C=C/CCCC(=O)O[C@@H](COC(=O)CCCCCCCCCCCCCCCCCCCCCCCC)CO[C@H]1O[C@@H](CO)[C@@H](O)C(O)C1O. The van der Waals surface area contributed by atoms with Crippen LogP contribution in [0.3, 0.4) is 0 Å². The molecule has 6 atom stereocenters. The summed E-state index contributed by atoms with van der Waals surface area (Å²) in [7, 11) is 0. The molecule has 0 aromatic rings. The van der Waals surface area contributed by atoms with E-state index in [1.807, 2.05) is 0 Å². The molecule has 4 N–H and O–H groups in total. The predicted molar refractivity (Wildman–Crippen MR) is 289 cm³/mol. The van der Waals surface area contributed by atoms with Crippen LogP contribution in [0.4, 0.5) is 0 Å². The first-order chi connectivity index (χ1) is 34.3. The summed E-state index contributed by atoms with van der Waals surface area (Å²) < 4.78 is 22.3. The van der Waals surface area contributed by atoms with Crippen LogP contribution in [0, 0.1) is 0 Å². The Bertz CT molecular complexity index is 1150. The van der Waals surface area contributed by atoms with Crippen molar-refractivity contribution >= 4 is 11.9 Å². The molecule has 2 unspecified atom stereocenters. The Morgan fingerprint density at radius 3 is 1.16 bits per heavy atom. The molecule has 0 bridgehead atoms. The summed E-state index contributed by atoms with van der Waals surface area (Å²) in [5.41, 5.74) is 0. The molecule has 1 aliphatic rings. The molecule has 0 radical (unpaired) electrons. The summed E-state index contributed by atoms with van der Waals surface area (Å²) in [6, 6.07) is 0. The van der Waals surface area contributed by atoms with Gasteiger partial charge in [0.15, 0.2) is 12.4 Å². The minimum Gasteiger partial charge on any atom is -0.462 e. The number of allylic oxidation sites excluding steroid dienone is 2. The first-order valence-electron chi connectivity index (χ1n) is 30.3. The molecule has 0 aromatic carbocycles. The number of esters is 2. The van der Waals surface area contributed by atoms with Crippen molar-refractivity contribution in [1.82, 2.24) is 0 Å². The van der Waals surface area contributed by atoms with Crippen LogP contribution in [0.15, 0.2) is 12.2 Å². The third-order valence-corrected chi connectivity index (χ3v) is 14.4. The Labute approximate surface area is 431 Å². The monoisotopic (exact) mass is 995 g/mol. The molecule has 10 heteroatoms. The van der Waals surface area contributed by atoms with Crippen LogP contribution >= 0.6 is 0 Å². The molecule has 0 aliphatic carbocycles. The Hall–Kier alpha value is -1.56. The number of hydrogen-bond acceptors (Lipinski definition) is 10.